The molecule has 2 aromatic carbocycles. The molecule has 126 valence electrons. The summed E-state index contributed by atoms with van der Waals surface area (Å²) >= 11 is 6.47. The maximum Gasteiger partial charge on any atom is 0.162 e. The van der Waals surface area contributed by atoms with E-state index in [2.05, 4.69) is 9.97 Å². The molecule has 0 spiro atoms. The zero-order chi connectivity index (χ0) is 16.4. The van der Waals surface area contributed by atoms with Crippen molar-refractivity contribution < 1.29 is 14.9 Å². The molecule has 0 unspecified atom stereocenters. The molecule has 8 heteroatoms. The smallest absolute Gasteiger partial charge is 0.162 e. The van der Waals surface area contributed by atoms with Crippen LogP contribution < -0.4 is 19.6 Å². The molecule has 7 nitrogen and oxygen atoms in total. The van der Waals surface area contributed by atoms with Gasteiger partial charge < -0.3 is 20.7 Å². The van der Waals surface area contributed by atoms with Crippen molar-refractivity contribution in [2.45, 2.75) is 0 Å². The van der Waals surface area contributed by atoms with E-state index in [1.807, 2.05) is 12.1 Å². The molecule has 0 saturated heterocycles. The highest BCUT2D eigenvalue weighted by Crippen LogP contribution is 2.37. The number of benzene rings is 2. The molecule has 0 bridgehead atoms. The Balaban J connectivity index is 0.00000208. The zero-order valence-corrected chi connectivity index (χ0v) is 13.9. The maximum atomic E-state index is 6.47. The predicted octanol–water partition coefficient (Wildman–Crippen LogP) is 2.70. The molecule has 0 amide bonds. The maximum absolute atomic E-state index is 6.47. The first-order valence-corrected chi connectivity index (χ1v) is 7.16. The summed E-state index contributed by atoms with van der Waals surface area (Å²) in [7, 11) is 3.15. The average molecular weight is 349 g/mol. The van der Waals surface area contributed by atoms with E-state index >= 15 is 0 Å². The van der Waals surface area contributed by atoms with Crippen LogP contribution in [0.5, 0.6) is 11.5 Å². The Morgan fingerprint density at radius 1 is 1.04 bits per heavy atom. The summed E-state index contributed by atoms with van der Waals surface area (Å²) in [5, 5.41) is 0.738. The Bertz CT molecular complexity index is 860. The Labute approximate surface area is 144 Å². The second kappa shape index (κ2) is 7.20. The number of nitrogen functional groups attached to an aromatic ring is 1. The van der Waals surface area contributed by atoms with Crippen LogP contribution in [0.1, 0.15) is 0 Å². The molecule has 0 aliphatic carbocycles. The lowest BCUT2D eigenvalue weighted by Gasteiger charge is -2.17. The Morgan fingerprint density at radius 2 is 1.75 bits per heavy atom. The Kier molecular flexibility index (Phi) is 5.28. The number of halogens is 1. The fraction of sp³-hybridized carbons (Fsp3) is 0.125. The van der Waals surface area contributed by atoms with E-state index in [0.29, 0.717) is 34.2 Å². The third-order valence-corrected chi connectivity index (χ3v) is 3.76. The van der Waals surface area contributed by atoms with Gasteiger partial charge in [-0.25, -0.2) is 14.4 Å². The first-order chi connectivity index (χ1) is 11.1. The fourth-order valence-electron chi connectivity index (χ4n) is 2.30. The molecular weight excluding hydrogens is 332 g/mol. The molecule has 1 heterocycles. The third-order valence-electron chi connectivity index (χ3n) is 3.40. The summed E-state index contributed by atoms with van der Waals surface area (Å²) < 4.78 is 12.1. The molecule has 0 saturated carbocycles. The SMILES string of the molecule is COc1cc2ncnc(N(Cl)c3cccc(N)c3)c2cc1OC.O. The molecule has 3 rings (SSSR count). The van der Waals surface area contributed by atoms with Crippen molar-refractivity contribution in [2.75, 3.05) is 24.4 Å². The summed E-state index contributed by atoms with van der Waals surface area (Å²) in [6.07, 6.45) is 1.45. The van der Waals surface area contributed by atoms with Crippen LogP contribution in [0.25, 0.3) is 10.9 Å². The van der Waals surface area contributed by atoms with Crippen molar-refractivity contribution in [2.24, 2.45) is 0 Å². The normalized spacial score (nSPS) is 10.1. The molecule has 0 radical (unpaired) electrons. The van der Waals surface area contributed by atoms with E-state index in [-0.39, 0.29) is 5.48 Å². The summed E-state index contributed by atoms with van der Waals surface area (Å²) in [6.45, 7) is 0. The van der Waals surface area contributed by atoms with Gasteiger partial charge in [-0.1, -0.05) is 6.07 Å². The minimum absolute atomic E-state index is 0. The monoisotopic (exact) mass is 348 g/mol. The van der Waals surface area contributed by atoms with Gasteiger partial charge in [0.2, 0.25) is 0 Å². The number of hydrogen-bond acceptors (Lipinski definition) is 6. The summed E-state index contributed by atoms with van der Waals surface area (Å²) in [5.74, 6) is 1.70. The molecule has 0 aliphatic rings. The van der Waals surface area contributed by atoms with Crippen molar-refractivity contribution in [1.82, 2.24) is 9.97 Å². The lowest BCUT2D eigenvalue weighted by atomic mass is 10.2. The van der Waals surface area contributed by atoms with E-state index in [0.717, 1.165) is 5.39 Å². The van der Waals surface area contributed by atoms with Crippen LogP contribution in [0.3, 0.4) is 0 Å². The van der Waals surface area contributed by atoms with Crippen molar-refractivity contribution >= 4 is 39.9 Å². The topological polar surface area (TPSA) is 105 Å². The van der Waals surface area contributed by atoms with Crippen LogP contribution in [0, 0.1) is 0 Å². The lowest BCUT2D eigenvalue weighted by molar-refractivity contribution is 0.356. The zero-order valence-electron chi connectivity index (χ0n) is 13.2. The van der Waals surface area contributed by atoms with E-state index in [1.165, 1.54) is 10.7 Å². The van der Waals surface area contributed by atoms with Gasteiger partial charge in [-0.05, 0) is 24.3 Å². The van der Waals surface area contributed by atoms with Crippen molar-refractivity contribution in [3.05, 3.63) is 42.7 Å². The third kappa shape index (κ3) is 3.12. The van der Waals surface area contributed by atoms with Gasteiger partial charge in [0.25, 0.3) is 0 Å². The second-order valence-corrected chi connectivity index (χ2v) is 5.14. The number of rotatable bonds is 4. The van der Waals surface area contributed by atoms with E-state index < -0.39 is 0 Å². The number of anilines is 3. The van der Waals surface area contributed by atoms with Gasteiger partial charge >= 0.3 is 0 Å². The van der Waals surface area contributed by atoms with Gasteiger partial charge in [0, 0.05) is 28.9 Å². The second-order valence-electron chi connectivity index (χ2n) is 4.80. The molecular formula is C16H17ClN4O3. The number of fused-ring (bicyclic) bond motifs is 1. The number of nitrogens with zero attached hydrogens (tertiary/aromatic N) is 3. The number of methoxy groups -OCH3 is 2. The van der Waals surface area contributed by atoms with Gasteiger partial charge in [0.1, 0.15) is 6.33 Å². The van der Waals surface area contributed by atoms with E-state index in [4.69, 9.17) is 27.0 Å². The highest BCUT2D eigenvalue weighted by atomic mass is 35.5. The molecule has 0 aliphatic heterocycles. The van der Waals surface area contributed by atoms with Crippen LogP contribution in [-0.4, -0.2) is 29.7 Å². The Morgan fingerprint density at radius 3 is 2.42 bits per heavy atom. The van der Waals surface area contributed by atoms with Gasteiger partial charge in [0.15, 0.2) is 17.3 Å². The van der Waals surface area contributed by atoms with Gasteiger partial charge in [-0.15, -0.1) is 0 Å². The molecule has 0 fully saturated rings. The van der Waals surface area contributed by atoms with Gasteiger partial charge in [-0.2, -0.15) is 0 Å². The summed E-state index contributed by atoms with van der Waals surface area (Å²) in [5.41, 5.74) is 7.84. The van der Waals surface area contributed by atoms with Crippen LogP contribution >= 0.6 is 11.8 Å². The molecule has 3 aromatic rings. The van der Waals surface area contributed by atoms with E-state index in [1.54, 1.807) is 38.5 Å². The lowest BCUT2D eigenvalue weighted by Crippen LogP contribution is -2.06. The highest BCUT2D eigenvalue weighted by Gasteiger charge is 2.16. The Hall–Kier alpha value is -2.77. The standard InChI is InChI=1S/C16H15ClN4O2.H2O/c1-22-14-7-12-13(8-15(14)23-2)19-9-20-16(12)21(17)11-5-3-4-10(18)6-11;/h3-9H,18H2,1-2H3;1H2. The number of ether oxygens (including phenoxy) is 2. The average Bonchev–Trinajstić information content (AvgIpc) is 2.59. The summed E-state index contributed by atoms with van der Waals surface area (Å²) in [6, 6.07) is 10.8. The highest BCUT2D eigenvalue weighted by molar-refractivity contribution is 6.30. The predicted molar refractivity (Wildman–Crippen MR) is 95.1 cm³/mol. The quantitative estimate of drug-likeness (QED) is 0.574. The van der Waals surface area contributed by atoms with E-state index in [9.17, 15) is 0 Å². The molecule has 24 heavy (non-hydrogen) atoms. The van der Waals surface area contributed by atoms with Crippen LogP contribution in [-0.2, 0) is 0 Å². The molecule has 0 atom stereocenters. The number of aromatic nitrogens is 2. The van der Waals surface area contributed by atoms with Crippen molar-refractivity contribution in [3.63, 3.8) is 0 Å². The molecule has 1 aromatic heterocycles. The first kappa shape index (κ1) is 17.6. The fourth-order valence-corrected chi connectivity index (χ4v) is 2.53. The largest absolute Gasteiger partial charge is 0.493 e. The van der Waals surface area contributed by atoms with Crippen LogP contribution in [0.2, 0.25) is 0 Å². The summed E-state index contributed by atoms with van der Waals surface area (Å²) in [4.78, 5) is 8.55. The minimum atomic E-state index is 0. The van der Waals surface area contributed by atoms with Crippen LogP contribution in [0.4, 0.5) is 17.2 Å². The van der Waals surface area contributed by atoms with Gasteiger partial charge in [-0.3, -0.25) is 0 Å². The van der Waals surface area contributed by atoms with Crippen molar-refractivity contribution in [3.8, 4) is 11.5 Å². The number of hydrogen-bond donors (Lipinski definition) is 1. The number of nitrogens with two attached hydrogens (primary N) is 1. The van der Waals surface area contributed by atoms with Crippen molar-refractivity contribution in [1.29, 1.82) is 0 Å². The van der Waals surface area contributed by atoms with Crippen LogP contribution in [0.15, 0.2) is 42.7 Å². The molecule has 4 N–H and O–H groups in total. The van der Waals surface area contributed by atoms with Gasteiger partial charge in [0.05, 0.1) is 25.4 Å². The first-order valence-electron chi connectivity index (χ1n) is 6.82. The minimum Gasteiger partial charge on any atom is -0.493 e.